The predicted molar refractivity (Wildman–Crippen MR) is 274 cm³/mol. The molecule has 1 amide bonds. The van der Waals surface area contributed by atoms with E-state index in [1.165, 1.54) is 205 Å². The summed E-state index contributed by atoms with van der Waals surface area (Å²) in [6.45, 7) is 4.06. The summed E-state index contributed by atoms with van der Waals surface area (Å²) in [5, 5.41) is 43.9. The van der Waals surface area contributed by atoms with E-state index in [1.54, 1.807) is 0 Å². The smallest absolute Gasteiger partial charge is 0.249 e. The Kier molecular flexibility index (Phi) is 50.3. The Morgan fingerprint density at radius 3 is 1.00 bits per heavy atom. The SMILES string of the molecule is CCCCCCCCCCCCCCCCCCC/C=C/CC/C=C/CC/C=C/CCCC(O)C(O)C(CO)NC(=O)C(O)CCCCCCCCCCCCCCCCCCC. The highest BCUT2D eigenvalue weighted by Gasteiger charge is 2.28. The Morgan fingerprint density at radius 1 is 0.381 bits per heavy atom. The van der Waals surface area contributed by atoms with E-state index >= 15 is 0 Å². The van der Waals surface area contributed by atoms with Gasteiger partial charge in [-0.05, 0) is 64.2 Å². The second-order valence-electron chi connectivity index (χ2n) is 19.3. The van der Waals surface area contributed by atoms with Gasteiger partial charge in [0.15, 0.2) is 0 Å². The first kappa shape index (κ1) is 61.5. The Hall–Kier alpha value is -1.47. The number of hydrogen-bond donors (Lipinski definition) is 5. The molecule has 0 rings (SSSR count). The third-order valence-electron chi connectivity index (χ3n) is 13.1. The first-order valence-corrected chi connectivity index (χ1v) is 27.9. The lowest BCUT2D eigenvalue weighted by molar-refractivity contribution is -0.132. The van der Waals surface area contributed by atoms with E-state index in [2.05, 4.69) is 55.6 Å². The van der Waals surface area contributed by atoms with E-state index < -0.39 is 36.9 Å². The average molecular weight is 889 g/mol. The highest BCUT2D eigenvalue weighted by Crippen LogP contribution is 2.17. The maximum Gasteiger partial charge on any atom is 0.249 e. The van der Waals surface area contributed by atoms with Crippen LogP contribution in [0.25, 0.3) is 0 Å². The minimum absolute atomic E-state index is 0.361. The van der Waals surface area contributed by atoms with Gasteiger partial charge in [0.1, 0.15) is 12.2 Å². The molecule has 6 heteroatoms. The van der Waals surface area contributed by atoms with Gasteiger partial charge in [-0.1, -0.05) is 262 Å². The summed E-state index contributed by atoms with van der Waals surface area (Å²) in [5.41, 5.74) is 0. The van der Waals surface area contributed by atoms with Crippen LogP contribution in [0, 0.1) is 0 Å². The van der Waals surface area contributed by atoms with Gasteiger partial charge in [-0.25, -0.2) is 0 Å². The third-order valence-corrected chi connectivity index (χ3v) is 13.1. The summed E-state index contributed by atoms with van der Waals surface area (Å²) < 4.78 is 0. The molecule has 4 unspecified atom stereocenters. The molecule has 0 radical (unpaired) electrons. The molecular weight excluding hydrogens is 779 g/mol. The van der Waals surface area contributed by atoms with Gasteiger partial charge in [-0.3, -0.25) is 4.79 Å². The number of rotatable bonds is 51. The van der Waals surface area contributed by atoms with E-state index in [9.17, 15) is 25.2 Å². The Labute approximate surface area is 392 Å². The number of aliphatic hydroxyl groups excluding tert-OH is 4. The van der Waals surface area contributed by atoms with Crippen molar-refractivity contribution >= 4 is 5.91 Å². The zero-order valence-corrected chi connectivity index (χ0v) is 42.1. The molecule has 0 saturated carbocycles. The monoisotopic (exact) mass is 888 g/mol. The summed E-state index contributed by atoms with van der Waals surface area (Å²) in [6, 6.07) is -1.01. The second kappa shape index (κ2) is 51.5. The van der Waals surface area contributed by atoms with Gasteiger partial charge in [0.05, 0.1) is 18.8 Å². The first-order chi connectivity index (χ1) is 31.0. The molecule has 5 N–H and O–H groups in total. The lowest BCUT2D eigenvalue weighted by Gasteiger charge is -2.27. The van der Waals surface area contributed by atoms with Crippen molar-refractivity contribution in [3.8, 4) is 0 Å². The minimum Gasteiger partial charge on any atom is -0.394 e. The standard InChI is InChI=1S/C57H109NO5/c1-3-5-7-9-11-13-15-17-19-21-22-23-24-25-26-27-28-29-30-31-32-33-35-36-38-40-42-44-46-48-50-54(60)56(62)53(52-59)58-57(63)55(61)51-49-47-45-43-41-39-37-34-20-18-16-14-12-10-8-6-4-2/h30-31,35-36,42,44,53-56,59-62H,3-29,32-34,37-41,43,45-52H2,1-2H3,(H,58,63)/b31-30+,36-35+,44-42+. The van der Waals surface area contributed by atoms with Crippen molar-refractivity contribution in [2.45, 2.75) is 314 Å². The second-order valence-corrected chi connectivity index (χ2v) is 19.3. The topological polar surface area (TPSA) is 110 Å². The number of nitrogens with one attached hydrogen (secondary N) is 1. The molecule has 372 valence electrons. The van der Waals surface area contributed by atoms with Crippen molar-refractivity contribution in [3.05, 3.63) is 36.5 Å². The molecule has 0 heterocycles. The van der Waals surface area contributed by atoms with Crippen molar-refractivity contribution in [3.63, 3.8) is 0 Å². The fraction of sp³-hybridized carbons (Fsp3) is 0.877. The molecule has 0 fully saturated rings. The van der Waals surface area contributed by atoms with Gasteiger partial charge in [0, 0.05) is 0 Å². The fourth-order valence-corrected chi connectivity index (χ4v) is 8.67. The number of aliphatic hydroxyl groups is 4. The van der Waals surface area contributed by atoms with Crippen LogP contribution < -0.4 is 5.32 Å². The summed E-state index contributed by atoms with van der Waals surface area (Å²) in [6.07, 6.45) is 63.6. The van der Waals surface area contributed by atoms with Crippen LogP contribution >= 0.6 is 0 Å². The Balaban J connectivity index is 3.69. The molecule has 0 aliphatic rings. The summed E-state index contributed by atoms with van der Waals surface area (Å²) in [7, 11) is 0. The van der Waals surface area contributed by atoms with Crippen LogP contribution in [0.1, 0.15) is 290 Å². The summed E-state index contributed by atoms with van der Waals surface area (Å²) in [4.78, 5) is 12.6. The third kappa shape index (κ3) is 45.5. The summed E-state index contributed by atoms with van der Waals surface area (Å²) in [5.74, 6) is -0.596. The molecular formula is C57H109NO5. The van der Waals surface area contributed by atoms with Crippen LogP contribution in [0.2, 0.25) is 0 Å². The van der Waals surface area contributed by atoms with Crippen molar-refractivity contribution in [2.24, 2.45) is 0 Å². The molecule has 6 nitrogen and oxygen atoms in total. The zero-order chi connectivity index (χ0) is 45.9. The van der Waals surface area contributed by atoms with Crippen molar-refractivity contribution in [2.75, 3.05) is 6.61 Å². The van der Waals surface area contributed by atoms with Gasteiger partial charge in [-0.15, -0.1) is 0 Å². The van der Waals surface area contributed by atoms with Gasteiger partial charge in [0.2, 0.25) is 5.91 Å². The normalized spacial score (nSPS) is 14.1. The van der Waals surface area contributed by atoms with Crippen molar-refractivity contribution in [1.82, 2.24) is 5.32 Å². The summed E-state index contributed by atoms with van der Waals surface area (Å²) >= 11 is 0. The van der Waals surface area contributed by atoms with Crippen LogP contribution in [0.4, 0.5) is 0 Å². The van der Waals surface area contributed by atoms with Crippen LogP contribution in [0.15, 0.2) is 36.5 Å². The zero-order valence-electron chi connectivity index (χ0n) is 42.1. The maximum atomic E-state index is 12.6. The lowest BCUT2D eigenvalue weighted by Crippen LogP contribution is -2.53. The van der Waals surface area contributed by atoms with Crippen LogP contribution in [0.3, 0.4) is 0 Å². The molecule has 0 saturated heterocycles. The van der Waals surface area contributed by atoms with E-state index in [4.69, 9.17) is 0 Å². The van der Waals surface area contributed by atoms with Crippen molar-refractivity contribution < 1.29 is 25.2 Å². The highest BCUT2D eigenvalue weighted by molar-refractivity contribution is 5.80. The molecule has 0 aliphatic carbocycles. The number of carbonyl (C=O) groups excluding carboxylic acids is 1. The molecule has 0 aromatic rings. The van der Waals surface area contributed by atoms with E-state index in [1.807, 2.05) is 0 Å². The molecule has 4 atom stereocenters. The van der Waals surface area contributed by atoms with Gasteiger partial charge >= 0.3 is 0 Å². The minimum atomic E-state index is -1.29. The van der Waals surface area contributed by atoms with E-state index in [-0.39, 0.29) is 0 Å². The lowest BCUT2D eigenvalue weighted by atomic mass is 10.00. The average Bonchev–Trinajstić information content (AvgIpc) is 3.29. The number of allylic oxidation sites excluding steroid dienone is 6. The Bertz CT molecular complexity index is 997. The maximum absolute atomic E-state index is 12.6. The molecule has 0 bridgehead atoms. The van der Waals surface area contributed by atoms with Crippen molar-refractivity contribution in [1.29, 1.82) is 0 Å². The number of amides is 1. The fourth-order valence-electron chi connectivity index (χ4n) is 8.67. The molecule has 0 aliphatic heterocycles. The van der Waals surface area contributed by atoms with E-state index in [0.717, 1.165) is 51.4 Å². The van der Waals surface area contributed by atoms with Gasteiger partial charge < -0.3 is 25.7 Å². The Morgan fingerprint density at radius 2 is 0.667 bits per heavy atom. The van der Waals surface area contributed by atoms with Crippen LogP contribution in [-0.2, 0) is 4.79 Å². The quantitative estimate of drug-likeness (QED) is 0.0309. The first-order valence-electron chi connectivity index (χ1n) is 27.9. The number of carbonyl (C=O) groups is 1. The number of unbranched alkanes of at least 4 members (excludes halogenated alkanes) is 36. The van der Waals surface area contributed by atoms with Gasteiger partial charge in [-0.2, -0.15) is 0 Å². The molecule has 0 aromatic carbocycles. The number of hydrogen-bond acceptors (Lipinski definition) is 5. The largest absolute Gasteiger partial charge is 0.394 e. The molecule has 0 aromatic heterocycles. The molecule has 0 spiro atoms. The highest BCUT2D eigenvalue weighted by atomic mass is 16.3. The van der Waals surface area contributed by atoms with Crippen LogP contribution in [-0.4, -0.2) is 57.3 Å². The van der Waals surface area contributed by atoms with Gasteiger partial charge in [0.25, 0.3) is 0 Å². The molecule has 63 heavy (non-hydrogen) atoms. The predicted octanol–water partition coefficient (Wildman–Crippen LogP) is 16.0. The van der Waals surface area contributed by atoms with Crippen LogP contribution in [0.5, 0.6) is 0 Å². The van der Waals surface area contributed by atoms with E-state index in [0.29, 0.717) is 19.3 Å².